The lowest BCUT2D eigenvalue weighted by atomic mass is 10.1. The van der Waals surface area contributed by atoms with Crippen LogP contribution in [-0.2, 0) is 0 Å². The van der Waals surface area contributed by atoms with E-state index in [0.29, 0.717) is 18.8 Å². The van der Waals surface area contributed by atoms with Crippen LogP contribution in [0.3, 0.4) is 0 Å². The summed E-state index contributed by atoms with van der Waals surface area (Å²) in [5, 5.41) is 9.45. The number of rotatable bonds is 3. The average molecular weight is 209 g/mol. The number of furan rings is 1. The van der Waals surface area contributed by atoms with Gasteiger partial charge in [-0.15, -0.1) is 0 Å². The minimum atomic E-state index is -0.289. The van der Waals surface area contributed by atoms with Crippen LogP contribution in [0.25, 0.3) is 0 Å². The molecular formula is C11H15NO3. The fourth-order valence-electron chi connectivity index (χ4n) is 1.89. The first-order valence-corrected chi connectivity index (χ1v) is 5.23. The highest BCUT2D eigenvalue weighted by Gasteiger charge is 2.20. The summed E-state index contributed by atoms with van der Waals surface area (Å²) in [6.07, 6.45) is 3.00. The fraction of sp³-hybridized carbons (Fsp3) is 0.545. The van der Waals surface area contributed by atoms with Crippen LogP contribution in [0.4, 0.5) is 0 Å². The number of aliphatic hydroxyl groups is 1. The van der Waals surface area contributed by atoms with Crippen LogP contribution >= 0.6 is 0 Å². The molecule has 1 N–H and O–H groups in total. The zero-order valence-electron chi connectivity index (χ0n) is 8.56. The quantitative estimate of drug-likeness (QED) is 0.752. The number of hydrogen-bond donors (Lipinski definition) is 1. The Kier molecular flexibility index (Phi) is 3.18. The molecule has 1 aromatic heterocycles. The Labute approximate surface area is 88.5 Å². The molecule has 4 heteroatoms. The van der Waals surface area contributed by atoms with E-state index in [1.807, 2.05) is 4.90 Å². The van der Waals surface area contributed by atoms with E-state index in [1.165, 1.54) is 6.26 Å². The number of hydrogen-bond acceptors (Lipinski definition) is 4. The molecule has 15 heavy (non-hydrogen) atoms. The normalized spacial score (nSPS) is 22.9. The topological polar surface area (TPSA) is 53.7 Å². The molecule has 1 saturated heterocycles. The Bertz CT molecular complexity index is 321. The van der Waals surface area contributed by atoms with E-state index < -0.39 is 0 Å². The highest BCUT2D eigenvalue weighted by Crippen LogP contribution is 2.11. The molecule has 2 rings (SSSR count). The van der Waals surface area contributed by atoms with E-state index in [2.05, 4.69) is 0 Å². The van der Waals surface area contributed by atoms with Gasteiger partial charge in [0.05, 0.1) is 18.9 Å². The van der Waals surface area contributed by atoms with Gasteiger partial charge < -0.3 is 9.52 Å². The van der Waals surface area contributed by atoms with Gasteiger partial charge in [0, 0.05) is 6.54 Å². The predicted octanol–water partition coefficient (Wildman–Crippen LogP) is 0.919. The Morgan fingerprint density at radius 2 is 2.53 bits per heavy atom. The zero-order valence-corrected chi connectivity index (χ0v) is 8.56. The number of carbonyl (C=O) groups excluding carboxylic acids is 1. The Hall–Kier alpha value is -1.13. The van der Waals surface area contributed by atoms with Gasteiger partial charge in [-0.05, 0) is 31.5 Å². The van der Waals surface area contributed by atoms with Crippen molar-refractivity contribution < 1.29 is 14.3 Å². The summed E-state index contributed by atoms with van der Waals surface area (Å²) < 4.78 is 5.02. The van der Waals surface area contributed by atoms with Crippen LogP contribution in [0.5, 0.6) is 0 Å². The van der Waals surface area contributed by atoms with Crippen molar-refractivity contribution >= 4 is 5.78 Å². The maximum Gasteiger partial charge on any atom is 0.211 e. The number of aliphatic hydroxyl groups excluding tert-OH is 1. The van der Waals surface area contributed by atoms with Crippen molar-refractivity contribution in [1.82, 2.24) is 4.90 Å². The van der Waals surface area contributed by atoms with Crippen LogP contribution in [0, 0.1) is 0 Å². The number of carbonyl (C=O) groups is 1. The smallest absolute Gasteiger partial charge is 0.211 e. The number of piperidine rings is 1. The summed E-state index contributed by atoms with van der Waals surface area (Å²) in [4.78, 5) is 13.6. The summed E-state index contributed by atoms with van der Waals surface area (Å²) in [6.45, 7) is 1.81. The first-order valence-electron chi connectivity index (χ1n) is 5.23. The fourth-order valence-corrected chi connectivity index (χ4v) is 1.89. The largest absolute Gasteiger partial charge is 0.461 e. The number of nitrogens with zero attached hydrogens (tertiary/aromatic N) is 1. The lowest BCUT2D eigenvalue weighted by Gasteiger charge is -2.28. The molecule has 0 spiro atoms. The molecule has 0 radical (unpaired) electrons. The van der Waals surface area contributed by atoms with E-state index in [1.54, 1.807) is 12.1 Å². The average Bonchev–Trinajstić information content (AvgIpc) is 2.70. The second kappa shape index (κ2) is 4.59. The van der Waals surface area contributed by atoms with Crippen LogP contribution in [-0.4, -0.2) is 41.5 Å². The molecule has 1 atom stereocenters. The molecule has 1 unspecified atom stereocenters. The molecule has 0 bridgehead atoms. The minimum Gasteiger partial charge on any atom is -0.461 e. The van der Waals surface area contributed by atoms with Crippen molar-refractivity contribution in [3.8, 4) is 0 Å². The third-order valence-electron chi connectivity index (χ3n) is 2.64. The SMILES string of the molecule is O=C(CN1CCCC(O)C1)c1ccco1. The third kappa shape index (κ3) is 2.67. The Morgan fingerprint density at radius 1 is 1.67 bits per heavy atom. The molecule has 0 amide bonds. The number of likely N-dealkylation sites (tertiary alicyclic amines) is 1. The molecule has 2 heterocycles. The van der Waals surface area contributed by atoms with Gasteiger partial charge in [0.2, 0.25) is 5.78 Å². The summed E-state index contributed by atoms with van der Waals surface area (Å²) >= 11 is 0. The maximum absolute atomic E-state index is 11.7. The lowest BCUT2D eigenvalue weighted by Crippen LogP contribution is -2.41. The highest BCUT2D eigenvalue weighted by molar-refractivity contribution is 5.94. The molecule has 1 fully saturated rings. The molecular weight excluding hydrogens is 194 g/mol. The first kappa shape index (κ1) is 10.4. The molecule has 82 valence electrons. The monoisotopic (exact) mass is 209 g/mol. The molecule has 1 aliphatic rings. The molecule has 0 aromatic carbocycles. The van der Waals surface area contributed by atoms with Gasteiger partial charge in [0.15, 0.2) is 5.76 Å². The van der Waals surface area contributed by atoms with Crippen molar-refractivity contribution in [2.45, 2.75) is 18.9 Å². The van der Waals surface area contributed by atoms with Crippen molar-refractivity contribution in [3.63, 3.8) is 0 Å². The minimum absolute atomic E-state index is 0.0194. The van der Waals surface area contributed by atoms with Gasteiger partial charge in [-0.2, -0.15) is 0 Å². The van der Waals surface area contributed by atoms with Gasteiger partial charge in [-0.1, -0.05) is 0 Å². The van der Waals surface area contributed by atoms with Crippen molar-refractivity contribution in [3.05, 3.63) is 24.2 Å². The van der Waals surface area contributed by atoms with E-state index >= 15 is 0 Å². The van der Waals surface area contributed by atoms with Gasteiger partial charge in [-0.25, -0.2) is 0 Å². The molecule has 1 aromatic rings. The van der Waals surface area contributed by atoms with Crippen LogP contribution < -0.4 is 0 Å². The van der Waals surface area contributed by atoms with Gasteiger partial charge >= 0.3 is 0 Å². The molecule has 4 nitrogen and oxygen atoms in total. The Balaban J connectivity index is 1.89. The summed E-state index contributed by atoms with van der Waals surface area (Å²) in [5.41, 5.74) is 0. The van der Waals surface area contributed by atoms with Crippen molar-refractivity contribution in [1.29, 1.82) is 0 Å². The van der Waals surface area contributed by atoms with Gasteiger partial charge in [0.25, 0.3) is 0 Å². The standard InChI is InChI=1S/C11H15NO3/c13-9-3-1-5-12(7-9)8-10(14)11-4-2-6-15-11/h2,4,6,9,13H,1,3,5,7-8H2. The van der Waals surface area contributed by atoms with E-state index in [4.69, 9.17) is 4.42 Å². The molecule has 1 aliphatic heterocycles. The lowest BCUT2D eigenvalue weighted by molar-refractivity contribution is 0.0621. The number of Topliss-reactive ketones (excluding diaryl/α,β-unsaturated/α-hetero) is 1. The van der Waals surface area contributed by atoms with Crippen LogP contribution in [0.15, 0.2) is 22.8 Å². The summed E-state index contributed by atoms with van der Waals surface area (Å²) in [6, 6.07) is 3.38. The highest BCUT2D eigenvalue weighted by atomic mass is 16.3. The Morgan fingerprint density at radius 3 is 3.20 bits per heavy atom. The summed E-state index contributed by atoms with van der Waals surface area (Å²) in [7, 11) is 0. The molecule has 0 aliphatic carbocycles. The van der Waals surface area contributed by atoms with Crippen LogP contribution in [0.1, 0.15) is 23.4 Å². The second-order valence-electron chi connectivity index (χ2n) is 3.93. The first-order chi connectivity index (χ1) is 7.25. The molecule has 0 saturated carbocycles. The maximum atomic E-state index is 11.7. The number of β-amino-alcohol motifs (C(OH)–C–C–N with tert-alkyl or cyclic N) is 1. The second-order valence-corrected chi connectivity index (χ2v) is 3.93. The van der Waals surface area contributed by atoms with Crippen molar-refractivity contribution in [2.75, 3.05) is 19.6 Å². The number of ketones is 1. The predicted molar refractivity (Wildman–Crippen MR) is 54.7 cm³/mol. The third-order valence-corrected chi connectivity index (χ3v) is 2.64. The van der Waals surface area contributed by atoms with Gasteiger partial charge in [0.1, 0.15) is 0 Å². The summed E-state index contributed by atoms with van der Waals surface area (Å²) in [5.74, 6) is 0.379. The van der Waals surface area contributed by atoms with E-state index in [-0.39, 0.29) is 11.9 Å². The van der Waals surface area contributed by atoms with E-state index in [0.717, 1.165) is 19.4 Å². The van der Waals surface area contributed by atoms with Crippen LogP contribution in [0.2, 0.25) is 0 Å². The zero-order chi connectivity index (χ0) is 10.7. The van der Waals surface area contributed by atoms with E-state index in [9.17, 15) is 9.90 Å². The van der Waals surface area contributed by atoms with Crippen molar-refractivity contribution in [2.24, 2.45) is 0 Å². The van der Waals surface area contributed by atoms with Gasteiger partial charge in [-0.3, -0.25) is 9.69 Å².